The van der Waals surface area contributed by atoms with Crippen LogP contribution in [0.2, 0.25) is 0 Å². The largest absolute Gasteiger partial charge is 0.326 e. The van der Waals surface area contributed by atoms with Gasteiger partial charge in [0.05, 0.1) is 11.7 Å². The summed E-state index contributed by atoms with van der Waals surface area (Å²) < 4.78 is 1.91. The van der Waals surface area contributed by atoms with Gasteiger partial charge in [0.15, 0.2) is 0 Å². The number of carbonyl (C=O) groups is 1. The van der Waals surface area contributed by atoms with Gasteiger partial charge in [-0.1, -0.05) is 12.1 Å². The molecule has 0 aliphatic rings. The number of nitrogens with one attached hydrogen (secondary N) is 1. The van der Waals surface area contributed by atoms with Gasteiger partial charge in [0.25, 0.3) is 0 Å². The summed E-state index contributed by atoms with van der Waals surface area (Å²) in [6.45, 7) is 10.0. The molecule has 0 aliphatic heterocycles. The zero-order valence-corrected chi connectivity index (χ0v) is 13.4. The van der Waals surface area contributed by atoms with E-state index in [1.807, 2.05) is 63.6 Å². The molecule has 112 valence electrons. The van der Waals surface area contributed by atoms with Crippen molar-refractivity contribution in [3.8, 4) is 0 Å². The number of benzene rings is 1. The zero-order chi connectivity index (χ0) is 15.6. The number of rotatable bonds is 4. The van der Waals surface area contributed by atoms with Gasteiger partial charge >= 0.3 is 0 Å². The summed E-state index contributed by atoms with van der Waals surface area (Å²) in [5.74, 6) is 0.0174. The van der Waals surface area contributed by atoms with Crippen molar-refractivity contribution in [1.82, 2.24) is 9.78 Å². The molecule has 1 heterocycles. The van der Waals surface area contributed by atoms with Crippen LogP contribution < -0.4 is 5.32 Å². The van der Waals surface area contributed by atoms with Crippen molar-refractivity contribution >= 4 is 11.6 Å². The normalized spacial score (nSPS) is 12.2. The molecule has 0 saturated carbocycles. The van der Waals surface area contributed by atoms with Gasteiger partial charge < -0.3 is 5.32 Å². The van der Waals surface area contributed by atoms with Gasteiger partial charge in [0, 0.05) is 17.8 Å². The summed E-state index contributed by atoms with van der Waals surface area (Å²) in [6, 6.07) is 8.14. The highest BCUT2D eigenvalue weighted by molar-refractivity contribution is 5.91. The van der Waals surface area contributed by atoms with Gasteiger partial charge in [-0.15, -0.1) is 0 Å². The SMILES string of the molecule is Cc1ccc(C)c(NC(=O)C[C@H](C)n2nc(C)cc2C)c1. The van der Waals surface area contributed by atoms with Crippen LogP contribution in [0.1, 0.15) is 41.9 Å². The molecular weight excluding hydrogens is 262 g/mol. The molecule has 4 heteroatoms. The van der Waals surface area contributed by atoms with E-state index in [9.17, 15) is 4.79 Å². The Balaban J connectivity index is 2.04. The number of anilines is 1. The van der Waals surface area contributed by atoms with Gasteiger partial charge in [0.1, 0.15) is 0 Å². The van der Waals surface area contributed by atoms with Crippen molar-refractivity contribution in [2.45, 2.75) is 47.1 Å². The Morgan fingerprint density at radius 3 is 2.57 bits per heavy atom. The number of hydrogen-bond donors (Lipinski definition) is 1. The lowest BCUT2D eigenvalue weighted by atomic mass is 10.1. The third-order valence-corrected chi connectivity index (χ3v) is 3.61. The van der Waals surface area contributed by atoms with Gasteiger partial charge in [-0.05, 0) is 57.9 Å². The number of aromatic nitrogens is 2. The number of nitrogens with zero attached hydrogens (tertiary/aromatic N) is 2. The van der Waals surface area contributed by atoms with Crippen molar-refractivity contribution in [3.63, 3.8) is 0 Å². The molecule has 1 aromatic carbocycles. The van der Waals surface area contributed by atoms with E-state index in [2.05, 4.69) is 10.4 Å². The van der Waals surface area contributed by atoms with Gasteiger partial charge in [-0.2, -0.15) is 5.10 Å². The average Bonchev–Trinajstić information content (AvgIpc) is 2.73. The van der Waals surface area contributed by atoms with E-state index < -0.39 is 0 Å². The highest BCUT2D eigenvalue weighted by atomic mass is 16.1. The first-order valence-electron chi connectivity index (χ1n) is 7.26. The fourth-order valence-electron chi connectivity index (χ4n) is 2.52. The molecule has 4 nitrogen and oxygen atoms in total. The average molecular weight is 285 g/mol. The Hall–Kier alpha value is -2.10. The van der Waals surface area contributed by atoms with Crippen LogP contribution in [-0.4, -0.2) is 15.7 Å². The molecule has 0 saturated heterocycles. The Bertz CT molecular complexity index is 658. The highest BCUT2D eigenvalue weighted by Crippen LogP contribution is 2.19. The molecule has 2 aromatic rings. The van der Waals surface area contributed by atoms with E-state index in [-0.39, 0.29) is 11.9 Å². The Labute approximate surface area is 126 Å². The molecule has 1 amide bonds. The lowest BCUT2D eigenvalue weighted by molar-refractivity contribution is -0.116. The summed E-state index contributed by atoms with van der Waals surface area (Å²) in [6.07, 6.45) is 0.412. The molecular formula is C17H23N3O. The second-order valence-electron chi connectivity index (χ2n) is 5.79. The second-order valence-corrected chi connectivity index (χ2v) is 5.79. The summed E-state index contributed by atoms with van der Waals surface area (Å²) in [5, 5.41) is 7.44. The Kier molecular flexibility index (Phi) is 4.46. The first-order chi connectivity index (χ1) is 9.86. The maximum absolute atomic E-state index is 12.2. The maximum atomic E-state index is 12.2. The van der Waals surface area contributed by atoms with Crippen LogP contribution in [0.3, 0.4) is 0 Å². The molecule has 1 N–H and O–H groups in total. The van der Waals surface area contributed by atoms with E-state index in [4.69, 9.17) is 0 Å². The predicted molar refractivity (Wildman–Crippen MR) is 85.6 cm³/mol. The van der Waals surface area contributed by atoms with Crippen LogP contribution in [0.4, 0.5) is 5.69 Å². The lowest BCUT2D eigenvalue weighted by Crippen LogP contribution is -2.19. The minimum atomic E-state index is 0.0174. The highest BCUT2D eigenvalue weighted by Gasteiger charge is 2.14. The fourth-order valence-corrected chi connectivity index (χ4v) is 2.52. The minimum Gasteiger partial charge on any atom is -0.326 e. The predicted octanol–water partition coefficient (Wildman–Crippen LogP) is 3.71. The van der Waals surface area contributed by atoms with Gasteiger partial charge in [-0.25, -0.2) is 0 Å². The van der Waals surface area contributed by atoms with Crippen LogP contribution in [0.5, 0.6) is 0 Å². The maximum Gasteiger partial charge on any atom is 0.226 e. The van der Waals surface area contributed by atoms with Gasteiger partial charge in [0.2, 0.25) is 5.91 Å². The first kappa shape index (κ1) is 15.3. The van der Waals surface area contributed by atoms with Crippen LogP contribution in [0.25, 0.3) is 0 Å². The monoisotopic (exact) mass is 285 g/mol. The van der Waals surface area contributed by atoms with Crippen molar-refractivity contribution < 1.29 is 4.79 Å². The third kappa shape index (κ3) is 3.72. The van der Waals surface area contributed by atoms with Crippen molar-refractivity contribution in [2.24, 2.45) is 0 Å². The first-order valence-corrected chi connectivity index (χ1v) is 7.26. The smallest absolute Gasteiger partial charge is 0.226 e. The van der Waals surface area contributed by atoms with E-state index >= 15 is 0 Å². The number of aryl methyl sites for hydroxylation is 4. The standard InChI is InChI=1S/C17H23N3O/c1-11-6-7-12(2)16(8-11)18-17(21)10-15(5)20-14(4)9-13(3)19-20/h6-9,15H,10H2,1-5H3,(H,18,21)/t15-/m0/s1. The zero-order valence-electron chi connectivity index (χ0n) is 13.4. The van der Waals surface area contributed by atoms with Crippen molar-refractivity contribution in [1.29, 1.82) is 0 Å². The van der Waals surface area contributed by atoms with E-state index in [0.717, 1.165) is 28.2 Å². The molecule has 0 bridgehead atoms. The van der Waals surface area contributed by atoms with Gasteiger partial charge in [-0.3, -0.25) is 9.48 Å². The Morgan fingerprint density at radius 2 is 1.95 bits per heavy atom. The molecule has 1 atom stereocenters. The van der Waals surface area contributed by atoms with Crippen molar-refractivity contribution in [2.75, 3.05) is 5.32 Å². The van der Waals surface area contributed by atoms with Crippen LogP contribution >= 0.6 is 0 Å². The Morgan fingerprint density at radius 1 is 1.24 bits per heavy atom. The molecule has 1 aromatic heterocycles. The topological polar surface area (TPSA) is 46.9 Å². The third-order valence-electron chi connectivity index (χ3n) is 3.61. The summed E-state index contributed by atoms with van der Waals surface area (Å²) in [5.41, 5.74) is 5.17. The molecule has 0 aliphatic carbocycles. The number of hydrogen-bond acceptors (Lipinski definition) is 2. The van der Waals surface area contributed by atoms with Crippen molar-refractivity contribution in [3.05, 3.63) is 46.8 Å². The van der Waals surface area contributed by atoms with Crippen LogP contribution in [0, 0.1) is 27.7 Å². The number of carbonyl (C=O) groups excluding carboxylic acids is 1. The fraction of sp³-hybridized carbons (Fsp3) is 0.412. The molecule has 0 fully saturated rings. The molecule has 0 unspecified atom stereocenters. The summed E-state index contributed by atoms with van der Waals surface area (Å²) in [4.78, 5) is 12.2. The van der Waals surface area contributed by atoms with E-state index in [1.165, 1.54) is 0 Å². The minimum absolute atomic E-state index is 0.0174. The van der Waals surface area contributed by atoms with Crippen LogP contribution in [0.15, 0.2) is 24.3 Å². The lowest BCUT2D eigenvalue weighted by Gasteiger charge is -2.15. The molecule has 0 spiro atoms. The quantitative estimate of drug-likeness (QED) is 0.931. The molecule has 21 heavy (non-hydrogen) atoms. The van der Waals surface area contributed by atoms with E-state index in [1.54, 1.807) is 0 Å². The summed E-state index contributed by atoms with van der Waals surface area (Å²) in [7, 11) is 0. The molecule has 0 radical (unpaired) electrons. The van der Waals surface area contributed by atoms with E-state index in [0.29, 0.717) is 6.42 Å². The number of amides is 1. The molecule has 2 rings (SSSR count). The van der Waals surface area contributed by atoms with Crippen LogP contribution in [-0.2, 0) is 4.79 Å². The summed E-state index contributed by atoms with van der Waals surface area (Å²) >= 11 is 0. The second kappa shape index (κ2) is 6.12.